The maximum atomic E-state index is 12.8. The highest BCUT2D eigenvalue weighted by Gasteiger charge is 2.33. The van der Waals surface area contributed by atoms with Crippen LogP contribution in [0.1, 0.15) is 28.4 Å². The summed E-state index contributed by atoms with van der Waals surface area (Å²) in [5.74, 6) is -0.474. The first-order valence-corrected chi connectivity index (χ1v) is 6.96. The molecule has 1 amide bonds. The fourth-order valence-corrected chi connectivity index (χ4v) is 2.14. The number of rotatable bonds is 3. The van der Waals surface area contributed by atoms with Crippen LogP contribution < -0.4 is 5.32 Å². The van der Waals surface area contributed by atoms with Gasteiger partial charge in [-0.25, -0.2) is 0 Å². The van der Waals surface area contributed by atoms with Crippen molar-refractivity contribution in [3.8, 4) is 0 Å². The lowest BCUT2D eigenvalue weighted by Gasteiger charge is -2.12. The van der Waals surface area contributed by atoms with Crippen molar-refractivity contribution in [1.82, 2.24) is 0 Å². The summed E-state index contributed by atoms with van der Waals surface area (Å²) in [6.45, 7) is 1.99. The Bertz CT molecular complexity index is 681. The highest BCUT2D eigenvalue weighted by atomic mass is 35.5. The molecule has 0 aliphatic rings. The van der Waals surface area contributed by atoms with Gasteiger partial charge in [-0.3, -0.25) is 4.79 Å². The molecule has 2 aromatic rings. The summed E-state index contributed by atoms with van der Waals surface area (Å²) in [5, 5.41) is 2.03. The van der Waals surface area contributed by atoms with E-state index >= 15 is 0 Å². The fraction of sp³-hybridized carbons (Fsp3) is 0.188. The third-order valence-electron chi connectivity index (χ3n) is 3.15. The number of carbonyl (C=O) groups is 1. The number of anilines is 1. The first-order valence-electron chi connectivity index (χ1n) is 6.58. The molecule has 0 bridgehead atoms. The molecule has 22 heavy (non-hydrogen) atoms. The van der Waals surface area contributed by atoms with E-state index in [2.05, 4.69) is 5.32 Å². The molecule has 116 valence electrons. The molecule has 0 aliphatic carbocycles. The highest BCUT2D eigenvalue weighted by Crippen LogP contribution is 2.36. The molecular weight excluding hydrogens is 315 g/mol. The van der Waals surface area contributed by atoms with Gasteiger partial charge in [-0.05, 0) is 42.3 Å². The van der Waals surface area contributed by atoms with E-state index in [0.29, 0.717) is 5.56 Å². The van der Waals surface area contributed by atoms with Crippen LogP contribution in [-0.4, -0.2) is 5.91 Å². The Morgan fingerprint density at radius 2 is 1.77 bits per heavy atom. The van der Waals surface area contributed by atoms with Crippen molar-refractivity contribution in [2.45, 2.75) is 19.5 Å². The largest absolute Gasteiger partial charge is 0.417 e. The van der Waals surface area contributed by atoms with Gasteiger partial charge in [0.25, 0.3) is 5.91 Å². The number of nitrogens with one attached hydrogen (secondary N) is 1. The Kier molecular flexibility index (Phi) is 4.76. The lowest BCUT2D eigenvalue weighted by molar-refractivity contribution is -0.137. The standard InChI is InChI=1S/C16H13ClF3NO/c1-2-10-3-5-11(6-4-10)15(22)21-12-7-8-14(17)13(9-12)16(18,19)20/h3-9H,2H2,1H3,(H,21,22). The summed E-state index contributed by atoms with van der Waals surface area (Å²) in [6, 6.07) is 10.1. The minimum atomic E-state index is -4.57. The van der Waals surface area contributed by atoms with Crippen LogP contribution in [-0.2, 0) is 12.6 Å². The van der Waals surface area contributed by atoms with Crippen molar-refractivity contribution in [3.05, 3.63) is 64.2 Å². The topological polar surface area (TPSA) is 29.1 Å². The van der Waals surface area contributed by atoms with E-state index in [-0.39, 0.29) is 5.69 Å². The first kappa shape index (κ1) is 16.4. The summed E-state index contributed by atoms with van der Waals surface area (Å²) in [5.41, 5.74) is 0.512. The zero-order chi connectivity index (χ0) is 16.3. The van der Waals surface area contributed by atoms with Crippen LogP contribution >= 0.6 is 11.6 Å². The van der Waals surface area contributed by atoms with Gasteiger partial charge in [-0.2, -0.15) is 13.2 Å². The third kappa shape index (κ3) is 3.80. The zero-order valence-corrected chi connectivity index (χ0v) is 12.4. The van der Waals surface area contributed by atoms with Crippen molar-refractivity contribution >= 4 is 23.2 Å². The Morgan fingerprint density at radius 3 is 2.32 bits per heavy atom. The second-order valence-electron chi connectivity index (χ2n) is 4.70. The molecule has 0 spiro atoms. The fourth-order valence-electron chi connectivity index (χ4n) is 1.92. The van der Waals surface area contributed by atoms with Crippen LogP contribution in [0.5, 0.6) is 0 Å². The third-order valence-corrected chi connectivity index (χ3v) is 3.48. The van der Waals surface area contributed by atoms with Gasteiger partial charge in [0, 0.05) is 11.3 Å². The average molecular weight is 328 g/mol. The maximum Gasteiger partial charge on any atom is 0.417 e. The van der Waals surface area contributed by atoms with Crippen LogP contribution in [0.3, 0.4) is 0 Å². The van der Waals surface area contributed by atoms with Crippen molar-refractivity contribution in [2.24, 2.45) is 0 Å². The molecule has 0 saturated heterocycles. The van der Waals surface area contributed by atoms with Gasteiger partial charge >= 0.3 is 6.18 Å². The number of halogens is 4. The highest BCUT2D eigenvalue weighted by molar-refractivity contribution is 6.31. The smallest absolute Gasteiger partial charge is 0.322 e. The summed E-state index contributed by atoms with van der Waals surface area (Å²) in [6.07, 6.45) is -3.73. The van der Waals surface area contributed by atoms with Gasteiger partial charge in [0.2, 0.25) is 0 Å². The van der Waals surface area contributed by atoms with Crippen molar-refractivity contribution in [2.75, 3.05) is 5.32 Å². The lowest BCUT2D eigenvalue weighted by atomic mass is 10.1. The number of amides is 1. The summed E-state index contributed by atoms with van der Waals surface area (Å²) < 4.78 is 38.3. The monoisotopic (exact) mass is 327 g/mol. The summed E-state index contributed by atoms with van der Waals surface area (Å²) in [7, 11) is 0. The number of hydrogen-bond acceptors (Lipinski definition) is 1. The van der Waals surface area contributed by atoms with Crippen molar-refractivity contribution in [1.29, 1.82) is 0 Å². The second kappa shape index (κ2) is 6.40. The second-order valence-corrected chi connectivity index (χ2v) is 5.10. The first-order chi connectivity index (χ1) is 10.3. The number of alkyl halides is 3. The van der Waals surface area contributed by atoms with Crippen LogP contribution in [0, 0.1) is 0 Å². The quantitative estimate of drug-likeness (QED) is 0.827. The SMILES string of the molecule is CCc1ccc(C(=O)Nc2ccc(Cl)c(C(F)(F)F)c2)cc1. The van der Waals surface area contributed by atoms with Gasteiger partial charge in [0.15, 0.2) is 0 Å². The maximum absolute atomic E-state index is 12.8. The molecule has 2 nitrogen and oxygen atoms in total. The molecule has 6 heteroatoms. The molecule has 0 aromatic heterocycles. The van der Waals surface area contributed by atoms with E-state index < -0.39 is 22.7 Å². The van der Waals surface area contributed by atoms with Crippen LogP contribution in [0.2, 0.25) is 5.02 Å². The normalized spacial score (nSPS) is 11.3. The zero-order valence-electron chi connectivity index (χ0n) is 11.7. The van der Waals surface area contributed by atoms with Crippen LogP contribution in [0.15, 0.2) is 42.5 Å². The molecule has 0 saturated carbocycles. The number of benzene rings is 2. The number of hydrogen-bond donors (Lipinski definition) is 1. The molecule has 0 atom stereocenters. The van der Waals surface area contributed by atoms with Gasteiger partial charge in [-0.15, -0.1) is 0 Å². The molecule has 1 N–H and O–H groups in total. The van der Waals surface area contributed by atoms with E-state index in [9.17, 15) is 18.0 Å². The van der Waals surface area contributed by atoms with Crippen LogP contribution in [0.4, 0.5) is 18.9 Å². The Hall–Kier alpha value is -2.01. The lowest BCUT2D eigenvalue weighted by Crippen LogP contribution is -2.13. The van der Waals surface area contributed by atoms with E-state index in [1.165, 1.54) is 6.07 Å². The molecule has 0 unspecified atom stereocenters. The van der Waals surface area contributed by atoms with Gasteiger partial charge in [0.1, 0.15) is 0 Å². The minimum Gasteiger partial charge on any atom is -0.322 e. The average Bonchev–Trinajstić information content (AvgIpc) is 2.48. The van der Waals surface area contributed by atoms with Gasteiger partial charge in [-0.1, -0.05) is 30.7 Å². The molecular formula is C16H13ClF3NO. The Labute approximate surface area is 130 Å². The van der Waals surface area contributed by atoms with Crippen molar-refractivity contribution in [3.63, 3.8) is 0 Å². The van der Waals surface area contributed by atoms with Crippen molar-refractivity contribution < 1.29 is 18.0 Å². The van der Waals surface area contributed by atoms with Gasteiger partial charge < -0.3 is 5.32 Å². The summed E-state index contributed by atoms with van der Waals surface area (Å²) >= 11 is 5.54. The number of carbonyl (C=O) groups excluding carboxylic acids is 1. The van der Waals surface area contributed by atoms with Crippen LogP contribution in [0.25, 0.3) is 0 Å². The molecule has 0 heterocycles. The molecule has 0 aliphatic heterocycles. The molecule has 2 rings (SSSR count). The van der Waals surface area contributed by atoms with Gasteiger partial charge in [0.05, 0.1) is 10.6 Å². The van der Waals surface area contributed by atoms with E-state index in [1.807, 2.05) is 6.92 Å². The Morgan fingerprint density at radius 1 is 1.14 bits per heavy atom. The van der Waals surface area contributed by atoms with E-state index in [1.54, 1.807) is 24.3 Å². The van der Waals surface area contributed by atoms with E-state index in [0.717, 1.165) is 24.1 Å². The predicted octanol–water partition coefficient (Wildman–Crippen LogP) is 5.17. The summed E-state index contributed by atoms with van der Waals surface area (Å²) in [4.78, 5) is 12.0. The Balaban J connectivity index is 2.21. The molecule has 0 radical (unpaired) electrons. The van der Waals surface area contributed by atoms with E-state index in [4.69, 9.17) is 11.6 Å². The molecule has 2 aromatic carbocycles. The predicted molar refractivity (Wildman–Crippen MR) is 80.2 cm³/mol. The number of aryl methyl sites for hydroxylation is 1. The minimum absolute atomic E-state index is 0.0429. The molecule has 0 fully saturated rings.